The number of imide groups is 1. The molecule has 0 spiro atoms. The van der Waals surface area contributed by atoms with Crippen LogP contribution in [0, 0.1) is 0 Å². The highest BCUT2D eigenvalue weighted by Crippen LogP contribution is 2.29. The number of ether oxygens (including phenoxy) is 1. The van der Waals surface area contributed by atoms with Crippen LogP contribution in [0.2, 0.25) is 0 Å². The van der Waals surface area contributed by atoms with Crippen molar-refractivity contribution in [1.82, 2.24) is 10.2 Å². The Kier molecular flexibility index (Phi) is 4.35. The number of amides is 4. The molecule has 0 bridgehead atoms. The number of hydrogen-bond donors (Lipinski definition) is 2. The number of carbonyl (C=O) groups is 4. The minimum Gasteiger partial charge on any atom is -0.469 e. The van der Waals surface area contributed by atoms with Crippen molar-refractivity contribution in [2.45, 2.75) is 18.9 Å². The third-order valence-corrected chi connectivity index (χ3v) is 3.77. The van der Waals surface area contributed by atoms with E-state index in [0.29, 0.717) is 5.56 Å². The zero-order valence-corrected chi connectivity index (χ0v) is 12.8. The fourth-order valence-electron chi connectivity index (χ4n) is 2.38. The minimum absolute atomic E-state index is 0.0809. The molecule has 122 valence electrons. The number of primary amides is 1. The number of nitrogens with zero attached hydrogens (tertiary/aromatic N) is 1. The molecule has 1 aromatic carbocycles. The lowest BCUT2D eigenvalue weighted by atomic mass is 9.90. The molecule has 1 saturated heterocycles. The normalized spacial score (nSPS) is 20.3. The summed E-state index contributed by atoms with van der Waals surface area (Å²) < 4.78 is 4.50. The fourth-order valence-corrected chi connectivity index (χ4v) is 2.38. The molecule has 1 aliphatic heterocycles. The van der Waals surface area contributed by atoms with E-state index in [2.05, 4.69) is 10.1 Å². The summed E-state index contributed by atoms with van der Waals surface area (Å²) in [5, 5.41) is 2.59. The van der Waals surface area contributed by atoms with E-state index in [4.69, 9.17) is 5.73 Å². The number of hydrogen-bond acceptors (Lipinski definition) is 5. The zero-order chi connectivity index (χ0) is 17.2. The van der Waals surface area contributed by atoms with Gasteiger partial charge in [-0.1, -0.05) is 12.1 Å². The summed E-state index contributed by atoms with van der Waals surface area (Å²) in [6.45, 7) is 1.45. The number of nitrogens with two attached hydrogens (primary N) is 1. The van der Waals surface area contributed by atoms with Gasteiger partial charge in [-0.05, 0) is 24.6 Å². The van der Waals surface area contributed by atoms with Crippen LogP contribution in [0.4, 0.5) is 4.79 Å². The first kappa shape index (κ1) is 16.5. The summed E-state index contributed by atoms with van der Waals surface area (Å²) in [5.41, 5.74) is 4.59. The molecule has 0 radical (unpaired) electrons. The first-order valence-electron chi connectivity index (χ1n) is 6.91. The van der Waals surface area contributed by atoms with Gasteiger partial charge in [0.1, 0.15) is 5.54 Å². The summed E-state index contributed by atoms with van der Waals surface area (Å²) in [6.07, 6.45) is -0.0902. The van der Waals surface area contributed by atoms with Gasteiger partial charge in [0.2, 0.25) is 5.91 Å². The highest BCUT2D eigenvalue weighted by molar-refractivity contribution is 6.07. The van der Waals surface area contributed by atoms with Gasteiger partial charge in [-0.25, -0.2) is 4.79 Å². The predicted octanol–water partition coefficient (Wildman–Crippen LogP) is 0.116. The number of rotatable bonds is 5. The van der Waals surface area contributed by atoms with Crippen LogP contribution in [0.3, 0.4) is 0 Å². The number of methoxy groups -OCH3 is 1. The SMILES string of the molecule is COC(=O)CCN1C(=O)N[C@](C)(c2cccc(C(N)=O)c2)C1=O. The molecular weight excluding hydrogens is 302 g/mol. The Labute approximate surface area is 132 Å². The largest absolute Gasteiger partial charge is 0.469 e. The van der Waals surface area contributed by atoms with Crippen LogP contribution in [0.1, 0.15) is 29.3 Å². The van der Waals surface area contributed by atoms with Crippen molar-refractivity contribution in [3.8, 4) is 0 Å². The smallest absolute Gasteiger partial charge is 0.325 e. The molecule has 2 rings (SSSR count). The highest BCUT2D eigenvalue weighted by Gasteiger charge is 2.48. The molecule has 1 heterocycles. The zero-order valence-electron chi connectivity index (χ0n) is 12.8. The quantitative estimate of drug-likeness (QED) is 0.590. The van der Waals surface area contributed by atoms with E-state index >= 15 is 0 Å². The summed E-state index contributed by atoms with van der Waals surface area (Å²) in [5.74, 6) is -1.65. The molecule has 8 heteroatoms. The van der Waals surface area contributed by atoms with Crippen molar-refractivity contribution in [3.63, 3.8) is 0 Å². The molecule has 0 aliphatic carbocycles. The highest BCUT2D eigenvalue weighted by atomic mass is 16.5. The third-order valence-electron chi connectivity index (χ3n) is 3.77. The van der Waals surface area contributed by atoms with E-state index in [9.17, 15) is 19.2 Å². The minimum atomic E-state index is -1.32. The maximum atomic E-state index is 12.6. The van der Waals surface area contributed by atoms with Crippen LogP contribution in [-0.4, -0.2) is 42.4 Å². The van der Waals surface area contributed by atoms with Crippen molar-refractivity contribution in [2.75, 3.05) is 13.7 Å². The first-order valence-corrected chi connectivity index (χ1v) is 6.91. The van der Waals surface area contributed by atoms with Gasteiger partial charge in [-0.15, -0.1) is 0 Å². The molecule has 0 aromatic heterocycles. The fraction of sp³-hybridized carbons (Fsp3) is 0.333. The lowest BCUT2D eigenvalue weighted by molar-refractivity contribution is -0.141. The maximum Gasteiger partial charge on any atom is 0.325 e. The van der Waals surface area contributed by atoms with Crippen molar-refractivity contribution in [2.24, 2.45) is 5.73 Å². The van der Waals surface area contributed by atoms with Crippen LogP contribution in [-0.2, 0) is 19.9 Å². The van der Waals surface area contributed by atoms with Crippen LogP contribution >= 0.6 is 0 Å². The summed E-state index contributed by atoms with van der Waals surface area (Å²) in [7, 11) is 1.23. The Hall–Kier alpha value is -2.90. The van der Waals surface area contributed by atoms with E-state index in [-0.39, 0.29) is 18.5 Å². The van der Waals surface area contributed by atoms with Crippen LogP contribution < -0.4 is 11.1 Å². The summed E-state index contributed by atoms with van der Waals surface area (Å²) in [4.78, 5) is 48.1. The number of carbonyl (C=O) groups excluding carboxylic acids is 4. The molecule has 8 nitrogen and oxygen atoms in total. The number of benzene rings is 1. The van der Waals surface area contributed by atoms with Gasteiger partial charge in [-0.3, -0.25) is 19.3 Å². The topological polar surface area (TPSA) is 119 Å². The van der Waals surface area contributed by atoms with Crippen LogP contribution in [0.5, 0.6) is 0 Å². The van der Waals surface area contributed by atoms with Gasteiger partial charge in [0, 0.05) is 12.1 Å². The second-order valence-corrected chi connectivity index (χ2v) is 5.28. The molecule has 0 unspecified atom stereocenters. The van der Waals surface area contributed by atoms with Gasteiger partial charge in [0.05, 0.1) is 13.5 Å². The van der Waals surface area contributed by atoms with E-state index in [1.54, 1.807) is 12.1 Å². The Morgan fingerprint density at radius 1 is 1.35 bits per heavy atom. The van der Waals surface area contributed by atoms with Crippen molar-refractivity contribution in [1.29, 1.82) is 0 Å². The van der Waals surface area contributed by atoms with E-state index in [0.717, 1.165) is 4.90 Å². The van der Waals surface area contributed by atoms with Gasteiger partial charge in [-0.2, -0.15) is 0 Å². The number of nitrogens with one attached hydrogen (secondary N) is 1. The predicted molar refractivity (Wildman–Crippen MR) is 79.2 cm³/mol. The summed E-state index contributed by atoms with van der Waals surface area (Å²) in [6, 6.07) is 5.58. The molecule has 1 atom stereocenters. The second-order valence-electron chi connectivity index (χ2n) is 5.28. The van der Waals surface area contributed by atoms with Crippen molar-refractivity contribution >= 4 is 23.8 Å². The van der Waals surface area contributed by atoms with Gasteiger partial charge < -0.3 is 15.8 Å². The maximum absolute atomic E-state index is 12.6. The van der Waals surface area contributed by atoms with Gasteiger partial charge in [0.15, 0.2) is 0 Å². The van der Waals surface area contributed by atoms with E-state index < -0.39 is 29.4 Å². The molecule has 0 saturated carbocycles. The monoisotopic (exact) mass is 319 g/mol. The number of esters is 1. The average Bonchev–Trinajstić information content (AvgIpc) is 2.75. The Bertz CT molecular complexity index is 687. The molecule has 1 fully saturated rings. The number of urea groups is 1. The molecule has 1 aliphatic rings. The van der Waals surface area contributed by atoms with Crippen molar-refractivity contribution < 1.29 is 23.9 Å². The van der Waals surface area contributed by atoms with E-state index in [1.807, 2.05) is 0 Å². The average molecular weight is 319 g/mol. The van der Waals surface area contributed by atoms with Crippen molar-refractivity contribution in [3.05, 3.63) is 35.4 Å². The molecule has 1 aromatic rings. The summed E-state index contributed by atoms with van der Waals surface area (Å²) >= 11 is 0. The Balaban J connectivity index is 2.27. The molecule has 3 N–H and O–H groups in total. The second kappa shape index (κ2) is 6.07. The van der Waals surface area contributed by atoms with Gasteiger partial charge in [0.25, 0.3) is 5.91 Å². The molecule has 23 heavy (non-hydrogen) atoms. The standard InChI is InChI=1S/C15H17N3O5/c1-15(10-5-3-4-9(8-10)12(16)20)13(21)18(14(22)17-15)7-6-11(19)23-2/h3-5,8H,6-7H2,1-2H3,(H2,16,20)(H,17,22)/t15-/m1/s1. The third kappa shape index (κ3) is 3.01. The Morgan fingerprint density at radius 3 is 2.65 bits per heavy atom. The van der Waals surface area contributed by atoms with E-state index in [1.165, 1.54) is 26.2 Å². The lowest BCUT2D eigenvalue weighted by Crippen LogP contribution is -2.41. The Morgan fingerprint density at radius 2 is 2.04 bits per heavy atom. The van der Waals surface area contributed by atoms with Crippen LogP contribution in [0.25, 0.3) is 0 Å². The van der Waals surface area contributed by atoms with Gasteiger partial charge >= 0.3 is 12.0 Å². The molecular formula is C15H17N3O5. The lowest BCUT2D eigenvalue weighted by Gasteiger charge is -2.22. The van der Waals surface area contributed by atoms with Crippen LogP contribution in [0.15, 0.2) is 24.3 Å². The first-order chi connectivity index (χ1) is 10.8. The molecule has 4 amide bonds.